The van der Waals surface area contributed by atoms with Gasteiger partial charge in [-0.2, -0.15) is 0 Å². The van der Waals surface area contributed by atoms with E-state index in [0.29, 0.717) is 0 Å². The van der Waals surface area contributed by atoms with Crippen LogP contribution in [0.25, 0.3) is 0 Å². The highest BCUT2D eigenvalue weighted by Gasteiger charge is 2.15. The average molecular weight is 195 g/mol. The Hall–Kier alpha value is -0.870. The van der Waals surface area contributed by atoms with Gasteiger partial charge in [0.15, 0.2) is 0 Å². The molecule has 1 atom stereocenters. The molecule has 1 aromatic rings. The molecule has 0 bridgehead atoms. The van der Waals surface area contributed by atoms with E-state index in [-0.39, 0.29) is 6.10 Å². The molecule has 4 heteroatoms. The SMILES string of the molecule is Cc1nc(CC2CNCCO2)[nH]c1C. The van der Waals surface area contributed by atoms with E-state index in [2.05, 4.69) is 15.3 Å². The van der Waals surface area contributed by atoms with Crippen molar-refractivity contribution in [1.82, 2.24) is 15.3 Å². The Morgan fingerprint density at radius 1 is 1.50 bits per heavy atom. The Morgan fingerprint density at radius 2 is 2.36 bits per heavy atom. The maximum absolute atomic E-state index is 5.61. The fourth-order valence-corrected chi connectivity index (χ4v) is 1.68. The van der Waals surface area contributed by atoms with Crippen LogP contribution in [0.15, 0.2) is 0 Å². The number of hydrogen-bond donors (Lipinski definition) is 2. The highest BCUT2D eigenvalue weighted by Crippen LogP contribution is 2.07. The first-order valence-corrected chi connectivity index (χ1v) is 5.10. The third-order valence-electron chi connectivity index (χ3n) is 2.60. The molecular weight excluding hydrogens is 178 g/mol. The van der Waals surface area contributed by atoms with Crippen molar-refractivity contribution < 1.29 is 4.74 Å². The smallest absolute Gasteiger partial charge is 0.109 e. The van der Waals surface area contributed by atoms with Gasteiger partial charge in [0.1, 0.15) is 5.82 Å². The van der Waals surface area contributed by atoms with Crippen LogP contribution >= 0.6 is 0 Å². The van der Waals surface area contributed by atoms with E-state index in [1.807, 2.05) is 13.8 Å². The maximum atomic E-state index is 5.61. The zero-order valence-corrected chi connectivity index (χ0v) is 8.76. The molecule has 1 aliphatic rings. The number of rotatable bonds is 2. The zero-order valence-electron chi connectivity index (χ0n) is 8.76. The number of aromatic amines is 1. The van der Waals surface area contributed by atoms with Crippen molar-refractivity contribution in [3.63, 3.8) is 0 Å². The molecule has 14 heavy (non-hydrogen) atoms. The number of imidazole rings is 1. The molecule has 78 valence electrons. The molecule has 0 radical (unpaired) electrons. The van der Waals surface area contributed by atoms with Gasteiger partial charge in [0.05, 0.1) is 18.4 Å². The summed E-state index contributed by atoms with van der Waals surface area (Å²) in [6.45, 7) is 6.77. The highest BCUT2D eigenvalue weighted by atomic mass is 16.5. The normalized spacial score (nSPS) is 22.6. The molecule has 1 saturated heterocycles. The molecule has 4 nitrogen and oxygen atoms in total. The predicted octanol–water partition coefficient (Wildman–Crippen LogP) is 0.557. The van der Waals surface area contributed by atoms with E-state index in [1.165, 1.54) is 0 Å². The number of nitrogens with one attached hydrogen (secondary N) is 2. The van der Waals surface area contributed by atoms with Crippen molar-refractivity contribution in [2.24, 2.45) is 0 Å². The lowest BCUT2D eigenvalue weighted by molar-refractivity contribution is 0.0281. The van der Waals surface area contributed by atoms with E-state index >= 15 is 0 Å². The first-order chi connectivity index (χ1) is 6.75. The molecular formula is C10H17N3O. The third-order valence-corrected chi connectivity index (χ3v) is 2.60. The lowest BCUT2D eigenvalue weighted by Crippen LogP contribution is -2.39. The number of ether oxygens (including phenoxy) is 1. The molecule has 2 heterocycles. The molecule has 1 fully saturated rings. The van der Waals surface area contributed by atoms with Gasteiger partial charge < -0.3 is 15.0 Å². The minimum Gasteiger partial charge on any atom is -0.375 e. The fraction of sp³-hybridized carbons (Fsp3) is 0.700. The van der Waals surface area contributed by atoms with Crippen LogP contribution in [0.2, 0.25) is 0 Å². The van der Waals surface area contributed by atoms with Gasteiger partial charge in [-0.15, -0.1) is 0 Å². The summed E-state index contributed by atoms with van der Waals surface area (Å²) in [6, 6.07) is 0. The molecule has 1 unspecified atom stereocenters. The van der Waals surface area contributed by atoms with Crippen LogP contribution in [0.1, 0.15) is 17.2 Å². The molecule has 0 saturated carbocycles. The van der Waals surface area contributed by atoms with Crippen LogP contribution in [-0.4, -0.2) is 35.8 Å². The number of H-pyrrole nitrogens is 1. The first kappa shape index (κ1) is 9.68. The topological polar surface area (TPSA) is 49.9 Å². The monoisotopic (exact) mass is 195 g/mol. The Balaban J connectivity index is 1.95. The average Bonchev–Trinajstić information content (AvgIpc) is 2.47. The summed E-state index contributed by atoms with van der Waals surface area (Å²) >= 11 is 0. The fourth-order valence-electron chi connectivity index (χ4n) is 1.68. The minimum atomic E-state index is 0.272. The maximum Gasteiger partial charge on any atom is 0.109 e. The van der Waals surface area contributed by atoms with Gasteiger partial charge in [-0.3, -0.25) is 0 Å². The van der Waals surface area contributed by atoms with E-state index in [1.54, 1.807) is 0 Å². The lowest BCUT2D eigenvalue weighted by atomic mass is 10.2. The van der Waals surface area contributed by atoms with Crippen LogP contribution in [-0.2, 0) is 11.2 Å². The van der Waals surface area contributed by atoms with Crippen LogP contribution in [0.4, 0.5) is 0 Å². The van der Waals surface area contributed by atoms with Crippen molar-refractivity contribution in [1.29, 1.82) is 0 Å². The summed E-state index contributed by atoms with van der Waals surface area (Å²) in [4.78, 5) is 7.71. The Kier molecular flexibility index (Phi) is 2.84. The van der Waals surface area contributed by atoms with E-state index in [4.69, 9.17) is 4.74 Å². The number of morpholine rings is 1. The number of aromatic nitrogens is 2. The lowest BCUT2D eigenvalue weighted by Gasteiger charge is -2.22. The second kappa shape index (κ2) is 4.11. The second-order valence-electron chi connectivity index (χ2n) is 3.79. The van der Waals surface area contributed by atoms with Gasteiger partial charge in [-0.05, 0) is 13.8 Å². The second-order valence-corrected chi connectivity index (χ2v) is 3.79. The summed E-state index contributed by atoms with van der Waals surface area (Å²) in [5, 5.41) is 3.31. The van der Waals surface area contributed by atoms with Crippen molar-refractivity contribution in [3.8, 4) is 0 Å². The van der Waals surface area contributed by atoms with Gasteiger partial charge in [-0.25, -0.2) is 4.98 Å². The van der Waals surface area contributed by atoms with Crippen molar-refractivity contribution in [2.75, 3.05) is 19.7 Å². The Bertz CT molecular complexity index is 283. The summed E-state index contributed by atoms with van der Waals surface area (Å²) in [5.41, 5.74) is 2.24. The molecule has 2 N–H and O–H groups in total. The number of nitrogens with zero attached hydrogens (tertiary/aromatic N) is 1. The van der Waals surface area contributed by atoms with Gasteiger partial charge in [0.2, 0.25) is 0 Å². The predicted molar refractivity (Wildman–Crippen MR) is 54.4 cm³/mol. The molecule has 0 aromatic carbocycles. The van der Waals surface area contributed by atoms with E-state index in [9.17, 15) is 0 Å². The number of hydrogen-bond acceptors (Lipinski definition) is 3. The quantitative estimate of drug-likeness (QED) is 0.725. The molecule has 1 aromatic heterocycles. The zero-order chi connectivity index (χ0) is 9.97. The van der Waals surface area contributed by atoms with Crippen molar-refractivity contribution >= 4 is 0 Å². The summed E-state index contributed by atoms with van der Waals surface area (Å²) in [6.07, 6.45) is 1.15. The van der Waals surface area contributed by atoms with Gasteiger partial charge in [-0.1, -0.05) is 0 Å². The summed E-state index contributed by atoms with van der Waals surface area (Å²) in [7, 11) is 0. The largest absolute Gasteiger partial charge is 0.375 e. The van der Waals surface area contributed by atoms with Gasteiger partial charge >= 0.3 is 0 Å². The Labute approximate surface area is 84.1 Å². The van der Waals surface area contributed by atoms with E-state index < -0.39 is 0 Å². The molecule has 0 spiro atoms. The molecule has 1 aliphatic heterocycles. The Morgan fingerprint density at radius 3 is 2.93 bits per heavy atom. The molecule has 0 aliphatic carbocycles. The highest BCUT2D eigenvalue weighted by molar-refractivity contribution is 5.11. The summed E-state index contributed by atoms with van der Waals surface area (Å²) < 4.78 is 5.61. The third kappa shape index (κ3) is 2.13. The van der Waals surface area contributed by atoms with Crippen LogP contribution in [0.5, 0.6) is 0 Å². The minimum absolute atomic E-state index is 0.272. The van der Waals surface area contributed by atoms with Crippen LogP contribution in [0, 0.1) is 13.8 Å². The first-order valence-electron chi connectivity index (χ1n) is 5.10. The standard InChI is InChI=1S/C10H17N3O/c1-7-8(2)13-10(12-7)5-9-6-11-3-4-14-9/h9,11H,3-6H2,1-2H3,(H,12,13). The van der Waals surface area contributed by atoms with Crippen molar-refractivity contribution in [3.05, 3.63) is 17.2 Å². The molecule has 0 amide bonds. The summed E-state index contributed by atoms with van der Waals surface area (Å²) in [5.74, 6) is 1.04. The van der Waals surface area contributed by atoms with Gasteiger partial charge in [0, 0.05) is 25.2 Å². The van der Waals surface area contributed by atoms with Crippen LogP contribution in [0.3, 0.4) is 0 Å². The van der Waals surface area contributed by atoms with Crippen molar-refractivity contribution in [2.45, 2.75) is 26.4 Å². The van der Waals surface area contributed by atoms with E-state index in [0.717, 1.165) is 43.3 Å². The molecule has 2 rings (SSSR count). The van der Waals surface area contributed by atoms with Gasteiger partial charge in [0.25, 0.3) is 0 Å². The van der Waals surface area contributed by atoms with Crippen LogP contribution < -0.4 is 5.32 Å². The number of aryl methyl sites for hydroxylation is 2.